The minimum atomic E-state index is -3.53. The fourth-order valence-corrected chi connectivity index (χ4v) is 4.98. The number of hydrogen-bond donors (Lipinski definition) is 0. The van der Waals surface area contributed by atoms with Crippen LogP contribution in [0.5, 0.6) is 0 Å². The fourth-order valence-electron chi connectivity index (χ4n) is 3.15. The topological polar surface area (TPSA) is 55.6 Å². The maximum Gasteiger partial charge on any atom is 0.243 e. The molecule has 1 heterocycles. The van der Waals surface area contributed by atoms with Crippen molar-refractivity contribution in [3.8, 4) is 0 Å². The molecule has 1 fully saturated rings. The largest absolute Gasteiger partial charge is 0.243 e. The Hall–Kier alpha value is -1.47. The molecule has 1 saturated heterocycles. The van der Waals surface area contributed by atoms with E-state index in [4.69, 9.17) is 9.78 Å². The molecule has 0 N–H and O–H groups in total. The second kappa shape index (κ2) is 7.19. The summed E-state index contributed by atoms with van der Waals surface area (Å²) in [6.07, 6.45) is 8.95. The summed E-state index contributed by atoms with van der Waals surface area (Å²) in [7, 11) is -3.53. The normalized spacial score (nSPS) is 28.9. The number of hydrogen-bond acceptors (Lipinski definition) is 4. The maximum absolute atomic E-state index is 13.0. The minimum absolute atomic E-state index is 0.0852. The number of aryl methyl sites for hydroxylation is 1. The Balaban J connectivity index is 1.81. The Morgan fingerprint density at radius 1 is 1.17 bits per heavy atom. The first-order valence-electron chi connectivity index (χ1n) is 8.23. The van der Waals surface area contributed by atoms with Crippen LogP contribution in [0.15, 0.2) is 53.5 Å². The van der Waals surface area contributed by atoms with Crippen LogP contribution >= 0.6 is 0 Å². The van der Waals surface area contributed by atoms with E-state index in [1.54, 1.807) is 16.4 Å². The van der Waals surface area contributed by atoms with Crippen LogP contribution in [0.2, 0.25) is 0 Å². The molecule has 0 spiro atoms. The number of sulfonamides is 1. The predicted molar refractivity (Wildman–Crippen MR) is 91.7 cm³/mol. The summed E-state index contributed by atoms with van der Waals surface area (Å²) >= 11 is 0. The van der Waals surface area contributed by atoms with Crippen LogP contribution in [0.25, 0.3) is 0 Å². The standard InChI is InChI=1S/C18H23NO4S/c1-3-22-23-13-17-18(15-7-5-4-6-8-15)19(17)24(20,21)16-11-9-14(2)10-12-16/h4-7,9-12,15,17-18H,3,8,13H2,1-2H3/t15?,17-,18+,19?/m0/s1. The molecule has 2 unspecified atom stereocenters. The lowest BCUT2D eigenvalue weighted by atomic mass is 9.95. The van der Waals surface area contributed by atoms with Gasteiger partial charge in [0.05, 0.1) is 23.6 Å². The van der Waals surface area contributed by atoms with E-state index in [9.17, 15) is 8.42 Å². The van der Waals surface area contributed by atoms with Gasteiger partial charge in [-0.3, -0.25) is 0 Å². The molecular formula is C18H23NO4S. The lowest BCUT2D eigenvalue weighted by Gasteiger charge is -2.13. The molecule has 0 amide bonds. The second-order valence-corrected chi connectivity index (χ2v) is 7.95. The van der Waals surface area contributed by atoms with Crippen LogP contribution in [0.3, 0.4) is 0 Å². The van der Waals surface area contributed by atoms with Crippen molar-refractivity contribution >= 4 is 10.0 Å². The van der Waals surface area contributed by atoms with Gasteiger partial charge in [-0.1, -0.05) is 42.0 Å². The molecule has 1 aromatic rings. The monoisotopic (exact) mass is 349 g/mol. The Morgan fingerprint density at radius 2 is 1.92 bits per heavy atom. The number of nitrogens with zero attached hydrogens (tertiary/aromatic N) is 1. The lowest BCUT2D eigenvalue weighted by molar-refractivity contribution is -0.291. The van der Waals surface area contributed by atoms with E-state index in [1.165, 1.54) is 0 Å². The average molecular weight is 349 g/mol. The van der Waals surface area contributed by atoms with Crippen molar-refractivity contribution in [1.82, 2.24) is 4.31 Å². The van der Waals surface area contributed by atoms with Gasteiger partial charge in [0.15, 0.2) is 0 Å². The van der Waals surface area contributed by atoms with Gasteiger partial charge in [0, 0.05) is 0 Å². The molecule has 3 rings (SSSR count). The van der Waals surface area contributed by atoms with E-state index in [2.05, 4.69) is 12.2 Å². The lowest BCUT2D eigenvalue weighted by Crippen LogP contribution is -2.19. The van der Waals surface area contributed by atoms with E-state index in [0.717, 1.165) is 12.0 Å². The van der Waals surface area contributed by atoms with Gasteiger partial charge in [-0.2, -0.15) is 4.31 Å². The first kappa shape index (κ1) is 17.4. The zero-order chi connectivity index (χ0) is 17.2. The van der Waals surface area contributed by atoms with Gasteiger partial charge in [0.25, 0.3) is 0 Å². The summed E-state index contributed by atoms with van der Waals surface area (Å²) in [5.74, 6) is 0.172. The van der Waals surface area contributed by atoms with Crippen LogP contribution in [0.4, 0.5) is 0 Å². The predicted octanol–water partition coefficient (Wildman–Crippen LogP) is 2.84. The summed E-state index contributed by atoms with van der Waals surface area (Å²) in [6, 6.07) is 6.69. The van der Waals surface area contributed by atoms with Crippen LogP contribution in [-0.2, 0) is 19.8 Å². The van der Waals surface area contributed by atoms with Gasteiger partial charge < -0.3 is 0 Å². The highest BCUT2D eigenvalue weighted by atomic mass is 32.2. The fraction of sp³-hybridized carbons (Fsp3) is 0.444. The van der Waals surface area contributed by atoms with Crippen molar-refractivity contribution in [1.29, 1.82) is 0 Å². The zero-order valence-electron chi connectivity index (χ0n) is 14.0. The summed E-state index contributed by atoms with van der Waals surface area (Å²) in [6.45, 7) is 4.46. The molecule has 24 heavy (non-hydrogen) atoms. The van der Waals surface area contributed by atoms with Crippen LogP contribution in [0.1, 0.15) is 18.9 Å². The van der Waals surface area contributed by atoms with E-state index in [0.29, 0.717) is 11.5 Å². The van der Waals surface area contributed by atoms with Crippen molar-refractivity contribution in [2.24, 2.45) is 5.92 Å². The summed E-state index contributed by atoms with van der Waals surface area (Å²) < 4.78 is 27.5. The van der Waals surface area contributed by atoms with Gasteiger partial charge in [0.1, 0.15) is 6.61 Å². The van der Waals surface area contributed by atoms with Gasteiger partial charge >= 0.3 is 0 Å². The highest BCUT2D eigenvalue weighted by molar-refractivity contribution is 7.89. The molecule has 1 aliphatic carbocycles. The summed E-state index contributed by atoms with van der Waals surface area (Å²) in [4.78, 5) is 10.4. The Bertz CT molecular complexity index is 724. The third kappa shape index (κ3) is 3.47. The van der Waals surface area contributed by atoms with Crippen molar-refractivity contribution in [2.75, 3.05) is 13.2 Å². The Labute approximate surface area is 143 Å². The molecule has 5 nitrogen and oxygen atoms in total. The third-order valence-corrected chi connectivity index (χ3v) is 6.35. The quantitative estimate of drug-likeness (QED) is 0.329. The molecule has 0 aromatic heterocycles. The summed E-state index contributed by atoms with van der Waals surface area (Å²) in [5, 5.41) is 0. The molecule has 130 valence electrons. The van der Waals surface area contributed by atoms with Gasteiger partial charge in [-0.05, 0) is 38.3 Å². The van der Waals surface area contributed by atoms with E-state index in [1.807, 2.05) is 38.1 Å². The number of rotatable bonds is 7. The molecule has 0 bridgehead atoms. The third-order valence-electron chi connectivity index (χ3n) is 4.41. The molecule has 4 atom stereocenters. The molecule has 0 radical (unpaired) electrons. The Kier molecular flexibility index (Phi) is 5.20. The first-order valence-corrected chi connectivity index (χ1v) is 9.67. The smallest absolute Gasteiger partial charge is 0.237 e. The average Bonchev–Trinajstić information content (AvgIpc) is 3.31. The molecule has 1 aromatic carbocycles. The van der Waals surface area contributed by atoms with Crippen molar-refractivity contribution < 1.29 is 18.2 Å². The van der Waals surface area contributed by atoms with Crippen LogP contribution < -0.4 is 0 Å². The SMILES string of the molecule is CCOOC[C@H]1[C@@H](C2C=CC=CC2)N1S(=O)(=O)c1ccc(C)cc1. The Morgan fingerprint density at radius 3 is 2.54 bits per heavy atom. The van der Waals surface area contributed by atoms with E-state index >= 15 is 0 Å². The molecule has 0 saturated carbocycles. The van der Waals surface area contributed by atoms with Crippen molar-refractivity contribution in [3.05, 3.63) is 54.1 Å². The van der Waals surface area contributed by atoms with Crippen LogP contribution in [-0.4, -0.2) is 38.0 Å². The number of benzene rings is 1. The molecule has 6 heteroatoms. The van der Waals surface area contributed by atoms with Gasteiger partial charge in [0.2, 0.25) is 10.0 Å². The van der Waals surface area contributed by atoms with E-state index in [-0.39, 0.29) is 24.6 Å². The molecule has 1 aliphatic heterocycles. The van der Waals surface area contributed by atoms with Gasteiger partial charge in [-0.25, -0.2) is 18.2 Å². The summed E-state index contributed by atoms with van der Waals surface area (Å²) in [5.41, 5.74) is 1.04. The maximum atomic E-state index is 13.0. The molecular weight excluding hydrogens is 326 g/mol. The highest BCUT2D eigenvalue weighted by Crippen LogP contribution is 2.43. The zero-order valence-corrected chi connectivity index (χ0v) is 14.8. The number of allylic oxidation sites excluding steroid dienone is 3. The van der Waals surface area contributed by atoms with Gasteiger partial charge in [-0.15, -0.1) is 0 Å². The van der Waals surface area contributed by atoms with Crippen molar-refractivity contribution in [2.45, 2.75) is 37.2 Å². The second-order valence-electron chi connectivity index (χ2n) is 6.11. The van der Waals surface area contributed by atoms with Crippen LogP contribution in [0, 0.1) is 12.8 Å². The highest BCUT2D eigenvalue weighted by Gasteiger charge is 2.58. The first-order chi connectivity index (χ1) is 11.6. The van der Waals surface area contributed by atoms with E-state index < -0.39 is 10.0 Å². The molecule has 2 aliphatic rings. The van der Waals surface area contributed by atoms with Crippen molar-refractivity contribution in [3.63, 3.8) is 0 Å². The minimum Gasteiger partial charge on any atom is -0.237 e.